The Bertz CT molecular complexity index is 906. The van der Waals surface area contributed by atoms with Crippen LogP contribution in [0.5, 0.6) is 0 Å². The van der Waals surface area contributed by atoms with Gasteiger partial charge in [0.15, 0.2) is 5.96 Å². The molecule has 160 valence electrons. The van der Waals surface area contributed by atoms with E-state index in [1.54, 1.807) is 7.05 Å². The molecule has 0 aliphatic carbocycles. The first-order valence-electron chi connectivity index (χ1n) is 10.3. The zero-order chi connectivity index (χ0) is 21.5. The summed E-state index contributed by atoms with van der Waals surface area (Å²) in [6, 6.07) is 13.8. The Morgan fingerprint density at radius 1 is 1.13 bits per heavy atom. The van der Waals surface area contributed by atoms with Gasteiger partial charge >= 0.3 is 0 Å². The van der Waals surface area contributed by atoms with Gasteiger partial charge in [0.1, 0.15) is 0 Å². The summed E-state index contributed by atoms with van der Waals surface area (Å²) in [6.07, 6.45) is 0.825. The molecule has 2 N–H and O–H groups in total. The van der Waals surface area contributed by atoms with Crippen LogP contribution < -0.4 is 15.5 Å². The second kappa shape index (κ2) is 10.3. The third-order valence-corrected chi connectivity index (χ3v) is 5.65. The lowest BCUT2D eigenvalue weighted by atomic mass is 10.1. The number of piperazine rings is 1. The zero-order valence-corrected chi connectivity index (χ0v) is 18.7. The number of aryl methyl sites for hydroxylation is 1. The number of hydrogen-bond acceptors (Lipinski definition) is 3. The number of rotatable bonds is 5. The summed E-state index contributed by atoms with van der Waals surface area (Å²) in [5.41, 5.74) is 4.27. The van der Waals surface area contributed by atoms with E-state index in [1.807, 2.05) is 43.4 Å². The van der Waals surface area contributed by atoms with Crippen LogP contribution in [0.25, 0.3) is 0 Å². The van der Waals surface area contributed by atoms with Gasteiger partial charge < -0.3 is 20.4 Å². The summed E-state index contributed by atoms with van der Waals surface area (Å²) >= 11 is 6.19. The molecule has 1 amide bonds. The predicted octanol–water partition coefficient (Wildman–Crippen LogP) is 2.95. The molecule has 0 saturated carbocycles. The number of benzene rings is 2. The topological polar surface area (TPSA) is 60.0 Å². The summed E-state index contributed by atoms with van der Waals surface area (Å²) < 4.78 is 0. The van der Waals surface area contributed by atoms with Crippen molar-refractivity contribution in [1.82, 2.24) is 15.5 Å². The Morgan fingerprint density at radius 2 is 1.90 bits per heavy atom. The summed E-state index contributed by atoms with van der Waals surface area (Å²) in [4.78, 5) is 20.9. The van der Waals surface area contributed by atoms with E-state index >= 15 is 0 Å². The molecule has 2 aromatic carbocycles. The van der Waals surface area contributed by atoms with Gasteiger partial charge in [-0.15, -0.1) is 0 Å². The lowest BCUT2D eigenvalue weighted by molar-refractivity contribution is 0.0963. The van der Waals surface area contributed by atoms with Crippen LogP contribution in [-0.2, 0) is 6.42 Å². The molecule has 1 aliphatic rings. The fourth-order valence-corrected chi connectivity index (χ4v) is 3.91. The van der Waals surface area contributed by atoms with Gasteiger partial charge in [-0.05, 0) is 48.7 Å². The summed E-state index contributed by atoms with van der Waals surface area (Å²) in [5, 5.41) is 6.90. The highest BCUT2D eigenvalue weighted by molar-refractivity contribution is 6.30. The van der Waals surface area contributed by atoms with Crippen LogP contribution in [-0.4, -0.2) is 63.6 Å². The van der Waals surface area contributed by atoms with Crippen molar-refractivity contribution in [3.8, 4) is 0 Å². The van der Waals surface area contributed by atoms with Crippen molar-refractivity contribution in [1.29, 1.82) is 0 Å². The Labute approximate surface area is 183 Å². The number of guanidine groups is 1. The Hall–Kier alpha value is -2.73. The second-order valence-electron chi connectivity index (χ2n) is 7.41. The van der Waals surface area contributed by atoms with Gasteiger partial charge in [-0.2, -0.15) is 0 Å². The number of carbonyl (C=O) groups excluding carboxylic acids is 1. The lowest BCUT2D eigenvalue weighted by Gasteiger charge is -2.38. The molecular formula is C23H30ClN5O. The van der Waals surface area contributed by atoms with E-state index in [4.69, 9.17) is 11.6 Å². The van der Waals surface area contributed by atoms with Gasteiger partial charge in [0.2, 0.25) is 0 Å². The first-order chi connectivity index (χ1) is 14.5. The molecule has 2 aromatic rings. The summed E-state index contributed by atoms with van der Waals surface area (Å²) in [5.74, 6) is 0.855. The maximum atomic E-state index is 11.8. The maximum absolute atomic E-state index is 11.8. The number of nitrogens with zero attached hydrogens (tertiary/aromatic N) is 3. The Kier molecular flexibility index (Phi) is 7.57. The molecule has 1 fully saturated rings. The molecule has 30 heavy (non-hydrogen) atoms. The molecule has 0 aromatic heterocycles. The molecule has 1 heterocycles. The highest BCUT2D eigenvalue weighted by atomic mass is 35.5. The number of amides is 1. The SMILES string of the molecule is CN=C(NCCc1cccc(C(=O)NC)c1)N1CCN(c2cc(Cl)ccc2C)CC1. The smallest absolute Gasteiger partial charge is 0.251 e. The Balaban J connectivity index is 1.52. The fraction of sp³-hybridized carbons (Fsp3) is 0.391. The number of anilines is 1. The van der Waals surface area contributed by atoms with Crippen LogP contribution in [0.4, 0.5) is 5.69 Å². The summed E-state index contributed by atoms with van der Waals surface area (Å²) in [7, 11) is 3.47. The van der Waals surface area contributed by atoms with Gasteiger partial charge in [-0.1, -0.05) is 29.8 Å². The first-order valence-corrected chi connectivity index (χ1v) is 10.7. The van der Waals surface area contributed by atoms with Crippen molar-refractivity contribution in [3.05, 3.63) is 64.2 Å². The molecule has 1 saturated heterocycles. The van der Waals surface area contributed by atoms with Gasteiger partial charge in [-0.3, -0.25) is 9.79 Å². The molecule has 0 spiro atoms. The number of hydrogen-bond donors (Lipinski definition) is 2. The average Bonchev–Trinajstić information content (AvgIpc) is 2.78. The van der Waals surface area contributed by atoms with Crippen LogP contribution in [0.1, 0.15) is 21.5 Å². The standard InChI is InChI=1S/C23H30ClN5O/c1-17-7-8-20(24)16-21(17)28-11-13-29(14-12-28)23(26-3)27-10-9-18-5-4-6-19(15-18)22(30)25-2/h4-8,15-16H,9-14H2,1-3H3,(H,25,30)(H,26,27). The number of carbonyl (C=O) groups is 1. The Morgan fingerprint density at radius 3 is 2.60 bits per heavy atom. The van der Waals surface area contributed by atoms with E-state index in [2.05, 4.69) is 38.4 Å². The van der Waals surface area contributed by atoms with Gasteiger partial charge in [0.05, 0.1) is 0 Å². The minimum atomic E-state index is -0.0616. The van der Waals surface area contributed by atoms with Gasteiger partial charge in [0, 0.05) is 63.1 Å². The molecule has 6 nitrogen and oxygen atoms in total. The van der Waals surface area contributed by atoms with Crippen molar-refractivity contribution in [2.45, 2.75) is 13.3 Å². The molecule has 1 aliphatic heterocycles. The first kappa shape index (κ1) is 22.0. The monoisotopic (exact) mass is 427 g/mol. The summed E-state index contributed by atoms with van der Waals surface area (Å²) in [6.45, 7) is 6.54. The van der Waals surface area contributed by atoms with E-state index in [1.165, 1.54) is 11.3 Å². The number of halogens is 1. The normalized spacial score (nSPS) is 14.6. The van der Waals surface area contributed by atoms with Crippen LogP contribution in [0.15, 0.2) is 47.5 Å². The highest BCUT2D eigenvalue weighted by Crippen LogP contribution is 2.25. The van der Waals surface area contributed by atoms with Crippen molar-refractivity contribution < 1.29 is 4.79 Å². The second-order valence-corrected chi connectivity index (χ2v) is 7.84. The average molecular weight is 428 g/mol. The largest absolute Gasteiger partial charge is 0.368 e. The van der Waals surface area contributed by atoms with Crippen molar-refractivity contribution in [2.75, 3.05) is 51.7 Å². The fourth-order valence-electron chi connectivity index (χ4n) is 3.75. The number of nitrogens with one attached hydrogen (secondary N) is 2. The molecule has 0 unspecified atom stereocenters. The third-order valence-electron chi connectivity index (χ3n) is 5.42. The van der Waals surface area contributed by atoms with Gasteiger partial charge in [-0.25, -0.2) is 0 Å². The zero-order valence-electron chi connectivity index (χ0n) is 17.9. The van der Waals surface area contributed by atoms with Crippen LogP contribution in [0, 0.1) is 6.92 Å². The molecule has 0 radical (unpaired) electrons. The van der Waals surface area contributed by atoms with E-state index in [0.29, 0.717) is 5.56 Å². The predicted molar refractivity (Wildman–Crippen MR) is 125 cm³/mol. The van der Waals surface area contributed by atoms with Gasteiger partial charge in [0.25, 0.3) is 5.91 Å². The van der Waals surface area contributed by atoms with Crippen molar-refractivity contribution in [2.24, 2.45) is 4.99 Å². The minimum absolute atomic E-state index is 0.0616. The molecular weight excluding hydrogens is 398 g/mol. The van der Waals surface area contributed by atoms with Crippen LogP contribution in [0.2, 0.25) is 5.02 Å². The molecule has 0 atom stereocenters. The lowest BCUT2D eigenvalue weighted by Crippen LogP contribution is -2.53. The quantitative estimate of drug-likeness (QED) is 0.569. The third kappa shape index (κ3) is 5.45. The van der Waals surface area contributed by atoms with Crippen LogP contribution in [0.3, 0.4) is 0 Å². The van der Waals surface area contributed by atoms with E-state index < -0.39 is 0 Å². The molecule has 3 rings (SSSR count). The van der Waals surface area contributed by atoms with Crippen molar-refractivity contribution >= 4 is 29.2 Å². The highest BCUT2D eigenvalue weighted by Gasteiger charge is 2.20. The number of aliphatic imine (C=N–C) groups is 1. The molecule has 0 bridgehead atoms. The minimum Gasteiger partial charge on any atom is -0.368 e. The van der Waals surface area contributed by atoms with Crippen LogP contribution >= 0.6 is 11.6 Å². The maximum Gasteiger partial charge on any atom is 0.251 e. The van der Waals surface area contributed by atoms with E-state index in [0.717, 1.165) is 55.7 Å². The van der Waals surface area contributed by atoms with Crippen molar-refractivity contribution in [3.63, 3.8) is 0 Å². The molecule has 7 heteroatoms. The van der Waals surface area contributed by atoms with E-state index in [9.17, 15) is 4.79 Å². The van der Waals surface area contributed by atoms with E-state index in [-0.39, 0.29) is 5.91 Å².